The first-order chi connectivity index (χ1) is 13.2. The Bertz CT molecular complexity index is 1060. The van der Waals surface area contributed by atoms with Crippen LogP contribution in [0.3, 0.4) is 0 Å². The highest BCUT2D eigenvalue weighted by molar-refractivity contribution is 8.00. The number of benzene rings is 1. The number of nitrogens with one attached hydrogen (secondary N) is 1. The van der Waals surface area contributed by atoms with Crippen LogP contribution >= 0.6 is 34.4 Å². The smallest absolute Gasteiger partial charge is 0.267 e. The van der Waals surface area contributed by atoms with Crippen molar-refractivity contribution in [2.75, 3.05) is 5.32 Å². The molecule has 4 rings (SSSR count). The molecule has 136 valence electrons. The van der Waals surface area contributed by atoms with Crippen LogP contribution in [-0.2, 0) is 5.75 Å². The van der Waals surface area contributed by atoms with Crippen molar-refractivity contribution in [2.24, 2.45) is 0 Å². The average molecular weight is 416 g/mol. The fourth-order valence-corrected chi connectivity index (χ4v) is 4.45. The molecule has 1 aromatic carbocycles. The first kappa shape index (κ1) is 17.8. The van der Waals surface area contributed by atoms with Crippen LogP contribution in [0.5, 0.6) is 0 Å². The second-order valence-corrected chi connectivity index (χ2v) is 8.56. The number of rotatable bonds is 6. The van der Waals surface area contributed by atoms with Crippen LogP contribution in [0.1, 0.15) is 21.1 Å². The van der Waals surface area contributed by atoms with E-state index in [4.69, 9.17) is 4.42 Å². The van der Waals surface area contributed by atoms with Crippen molar-refractivity contribution in [3.63, 3.8) is 0 Å². The second-order valence-electron chi connectivity index (χ2n) is 5.41. The molecule has 0 saturated carbocycles. The van der Waals surface area contributed by atoms with Gasteiger partial charge >= 0.3 is 0 Å². The van der Waals surface area contributed by atoms with Gasteiger partial charge in [0, 0.05) is 5.56 Å². The molecule has 1 amide bonds. The fraction of sp³-hybridized carbons (Fsp3) is 0.118. The van der Waals surface area contributed by atoms with E-state index in [1.807, 2.05) is 42.6 Å². The number of thiophene rings is 1. The Morgan fingerprint density at radius 3 is 2.85 bits per heavy atom. The summed E-state index contributed by atoms with van der Waals surface area (Å²) in [5, 5.41) is 21.3. The zero-order chi connectivity index (χ0) is 18.6. The van der Waals surface area contributed by atoms with Gasteiger partial charge in [-0.15, -0.1) is 31.7 Å². The van der Waals surface area contributed by atoms with Gasteiger partial charge in [0.2, 0.25) is 16.9 Å². The highest BCUT2D eigenvalue weighted by Gasteiger charge is 2.14. The number of carbonyl (C=O) groups excluding carboxylic acids is 1. The van der Waals surface area contributed by atoms with Crippen LogP contribution in [0.4, 0.5) is 5.13 Å². The Hall–Kier alpha value is -2.56. The Morgan fingerprint density at radius 2 is 2.04 bits per heavy atom. The van der Waals surface area contributed by atoms with E-state index >= 15 is 0 Å². The normalized spacial score (nSPS) is 10.9. The fourth-order valence-electron chi connectivity index (χ4n) is 2.24. The van der Waals surface area contributed by atoms with Crippen LogP contribution in [0.2, 0.25) is 0 Å². The lowest BCUT2D eigenvalue weighted by molar-refractivity contribution is 0.103. The Balaban J connectivity index is 1.37. The van der Waals surface area contributed by atoms with Gasteiger partial charge in [0.1, 0.15) is 0 Å². The zero-order valence-electron chi connectivity index (χ0n) is 14.1. The number of carbonyl (C=O) groups is 1. The maximum atomic E-state index is 12.0. The second kappa shape index (κ2) is 7.99. The minimum absolute atomic E-state index is 0.183. The molecule has 10 heteroatoms. The number of aryl methyl sites for hydroxylation is 1. The van der Waals surface area contributed by atoms with Gasteiger partial charge in [-0.2, -0.15) is 0 Å². The number of hydrogen-bond acceptors (Lipinski definition) is 9. The lowest BCUT2D eigenvalue weighted by Gasteiger charge is -1.98. The predicted molar refractivity (Wildman–Crippen MR) is 106 cm³/mol. The summed E-state index contributed by atoms with van der Waals surface area (Å²) in [5.74, 6) is 1.31. The largest absolute Gasteiger partial charge is 0.420 e. The molecule has 7 nitrogen and oxygen atoms in total. The maximum Gasteiger partial charge on any atom is 0.267 e. The molecule has 0 aliphatic rings. The van der Waals surface area contributed by atoms with Crippen molar-refractivity contribution in [3.8, 4) is 11.5 Å². The van der Waals surface area contributed by atoms with E-state index in [1.54, 1.807) is 6.07 Å². The highest BCUT2D eigenvalue weighted by atomic mass is 32.2. The summed E-state index contributed by atoms with van der Waals surface area (Å²) in [7, 11) is 0. The third-order valence-electron chi connectivity index (χ3n) is 3.53. The van der Waals surface area contributed by atoms with E-state index in [-0.39, 0.29) is 5.91 Å². The van der Waals surface area contributed by atoms with Gasteiger partial charge in [0.15, 0.2) is 4.34 Å². The highest BCUT2D eigenvalue weighted by Crippen LogP contribution is 2.29. The molecule has 4 aromatic rings. The maximum absolute atomic E-state index is 12.0. The summed E-state index contributed by atoms with van der Waals surface area (Å²) in [6.07, 6.45) is 0. The summed E-state index contributed by atoms with van der Waals surface area (Å²) in [5.41, 5.74) is 2.01. The summed E-state index contributed by atoms with van der Waals surface area (Å²) < 4.78 is 6.45. The third kappa shape index (κ3) is 4.24. The van der Waals surface area contributed by atoms with Crippen molar-refractivity contribution < 1.29 is 9.21 Å². The van der Waals surface area contributed by atoms with Crippen LogP contribution in [0, 0.1) is 6.92 Å². The van der Waals surface area contributed by atoms with Crippen molar-refractivity contribution in [1.29, 1.82) is 0 Å². The van der Waals surface area contributed by atoms with Crippen LogP contribution in [0.25, 0.3) is 11.5 Å². The van der Waals surface area contributed by atoms with Gasteiger partial charge in [-0.1, -0.05) is 47.4 Å². The zero-order valence-corrected chi connectivity index (χ0v) is 16.5. The number of aromatic nitrogens is 4. The van der Waals surface area contributed by atoms with Gasteiger partial charge in [-0.25, -0.2) is 0 Å². The third-order valence-corrected chi connectivity index (χ3v) is 6.36. The van der Waals surface area contributed by atoms with Gasteiger partial charge in [-0.05, 0) is 30.0 Å². The summed E-state index contributed by atoms with van der Waals surface area (Å²) in [6.45, 7) is 2.00. The molecule has 0 bridgehead atoms. The van der Waals surface area contributed by atoms with Gasteiger partial charge in [-0.3, -0.25) is 10.1 Å². The van der Waals surface area contributed by atoms with E-state index < -0.39 is 0 Å². The number of hydrogen-bond donors (Lipinski definition) is 1. The number of thioether (sulfide) groups is 1. The van der Waals surface area contributed by atoms with Crippen LogP contribution in [0.15, 0.2) is 50.5 Å². The lowest BCUT2D eigenvalue weighted by atomic mass is 10.1. The predicted octanol–water partition coefficient (Wildman–Crippen LogP) is 4.50. The molecule has 0 aliphatic heterocycles. The van der Waals surface area contributed by atoms with Crippen LogP contribution in [-0.4, -0.2) is 26.3 Å². The topological polar surface area (TPSA) is 93.8 Å². The van der Waals surface area contributed by atoms with Crippen molar-refractivity contribution >= 4 is 45.5 Å². The Kier molecular flexibility index (Phi) is 5.28. The van der Waals surface area contributed by atoms with Gasteiger partial charge in [0.05, 0.1) is 10.6 Å². The van der Waals surface area contributed by atoms with Gasteiger partial charge in [0.25, 0.3) is 5.91 Å². The first-order valence-corrected chi connectivity index (χ1v) is 10.6. The minimum Gasteiger partial charge on any atom is -0.420 e. The van der Waals surface area contributed by atoms with Crippen molar-refractivity contribution in [1.82, 2.24) is 20.4 Å². The molecule has 3 aromatic heterocycles. The first-order valence-electron chi connectivity index (χ1n) is 7.88. The minimum atomic E-state index is -0.183. The van der Waals surface area contributed by atoms with Crippen molar-refractivity contribution in [2.45, 2.75) is 17.0 Å². The quantitative estimate of drug-likeness (QED) is 0.366. The molecule has 0 fully saturated rings. The molecule has 1 N–H and O–H groups in total. The van der Waals surface area contributed by atoms with E-state index in [1.165, 1.54) is 34.4 Å². The van der Waals surface area contributed by atoms with E-state index in [0.29, 0.717) is 31.9 Å². The summed E-state index contributed by atoms with van der Waals surface area (Å²) in [6, 6.07) is 11.5. The van der Waals surface area contributed by atoms with E-state index in [0.717, 1.165) is 11.1 Å². The van der Waals surface area contributed by atoms with E-state index in [2.05, 4.69) is 25.7 Å². The molecule has 0 aliphatic carbocycles. The summed E-state index contributed by atoms with van der Waals surface area (Å²) in [4.78, 5) is 12.7. The molecule has 0 atom stereocenters. The lowest BCUT2D eigenvalue weighted by Crippen LogP contribution is -2.09. The van der Waals surface area contributed by atoms with Crippen molar-refractivity contribution in [3.05, 3.63) is 58.1 Å². The molecule has 0 spiro atoms. The number of anilines is 1. The SMILES string of the molecule is Cc1ccccc1-c1nnc(CSc2nnc(NC(=O)c3cccs3)s2)o1. The molecular formula is C17H13N5O2S3. The molecule has 27 heavy (non-hydrogen) atoms. The molecule has 3 heterocycles. The molecule has 0 radical (unpaired) electrons. The van der Waals surface area contributed by atoms with E-state index in [9.17, 15) is 4.79 Å². The molecule has 0 unspecified atom stereocenters. The van der Waals surface area contributed by atoms with Crippen LogP contribution < -0.4 is 5.32 Å². The average Bonchev–Trinajstić information content (AvgIpc) is 3.42. The molecule has 0 saturated heterocycles. The number of nitrogens with zero attached hydrogens (tertiary/aromatic N) is 4. The summed E-state index contributed by atoms with van der Waals surface area (Å²) >= 11 is 4.12. The standard InChI is InChI=1S/C17H13N5O2S3/c1-10-5-2-3-6-11(10)15-20-19-13(24-15)9-26-17-22-21-16(27-17)18-14(23)12-7-4-8-25-12/h2-8H,9H2,1H3,(H,18,21,23). The number of amides is 1. The van der Waals surface area contributed by atoms with Gasteiger partial charge < -0.3 is 4.42 Å². The monoisotopic (exact) mass is 415 g/mol. The molecular weight excluding hydrogens is 402 g/mol. The Labute approximate surface area is 166 Å². The Morgan fingerprint density at radius 1 is 1.15 bits per heavy atom.